The summed E-state index contributed by atoms with van der Waals surface area (Å²) in [6.45, 7) is 0. The maximum absolute atomic E-state index is 6.26. The van der Waals surface area contributed by atoms with E-state index in [0.717, 1.165) is 12.2 Å². The van der Waals surface area contributed by atoms with Crippen LogP contribution in [0.1, 0.15) is 32.1 Å². The van der Waals surface area contributed by atoms with Crippen molar-refractivity contribution < 1.29 is 4.74 Å². The molecule has 3 heteroatoms. The number of benzene rings is 1. The number of methoxy groups -OCH3 is 1. The van der Waals surface area contributed by atoms with E-state index in [-0.39, 0.29) is 0 Å². The lowest BCUT2D eigenvalue weighted by Crippen LogP contribution is -2.31. The fourth-order valence-corrected chi connectivity index (χ4v) is 3.67. The molecule has 94 valence electrons. The Morgan fingerprint density at radius 2 is 1.94 bits per heavy atom. The van der Waals surface area contributed by atoms with Gasteiger partial charge in [0.25, 0.3) is 0 Å². The number of ether oxygens (including phenoxy) is 1. The maximum atomic E-state index is 6.26. The molecule has 1 aliphatic carbocycles. The third-order valence-electron chi connectivity index (χ3n) is 3.35. The van der Waals surface area contributed by atoms with Crippen LogP contribution in [0.3, 0.4) is 0 Å². The number of hydrogen-bond acceptors (Lipinski definition) is 3. The van der Waals surface area contributed by atoms with E-state index in [2.05, 4.69) is 12.1 Å². The molecule has 17 heavy (non-hydrogen) atoms. The lowest BCUT2D eigenvalue weighted by molar-refractivity contribution is 0.404. The molecule has 0 saturated heterocycles. The molecule has 0 heterocycles. The summed E-state index contributed by atoms with van der Waals surface area (Å²) in [5, 5.41) is 0.536. The van der Waals surface area contributed by atoms with E-state index in [1.807, 2.05) is 23.9 Å². The fraction of sp³-hybridized carbons (Fsp3) is 0.571. The summed E-state index contributed by atoms with van der Waals surface area (Å²) in [6.07, 6.45) is 6.30. The van der Waals surface area contributed by atoms with Gasteiger partial charge in [-0.1, -0.05) is 31.4 Å². The number of nitrogens with two attached hydrogens (primary N) is 1. The Balaban J connectivity index is 2.07. The topological polar surface area (TPSA) is 35.2 Å². The van der Waals surface area contributed by atoms with Gasteiger partial charge >= 0.3 is 0 Å². The monoisotopic (exact) mass is 251 g/mol. The van der Waals surface area contributed by atoms with E-state index in [0.29, 0.717) is 11.3 Å². The molecule has 0 spiro atoms. The van der Waals surface area contributed by atoms with Crippen molar-refractivity contribution in [2.24, 2.45) is 5.73 Å². The van der Waals surface area contributed by atoms with E-state index in [1.54, 1.807) is 7.11 Å². The quantitative estimate of drug-likeness (QED) is 0.836. The van der Waals surface area contributed by atoms with Crippen molar-refractivity contribution in [1.82, 2.24) is 0 Å². The van der Waals surface area contributed by atoms with Gasteiger partial charge in [0.15, 0.2) is 0 Å². The molecule has 1 fully saturated rings. The summed E-state index contributed by atoms with van der Waals surface area (Å²) in [4.78, 5) is 1.22. The molecule has 0 bridgehead atoms. The van der Waals surface area contributed by atoms with Gasteiger partial charge in [-0.3, -0.25) is 0 Å². The largest absolute Gasteiger partial charge is 0.496 e. The van der Waals surface area contributed by atoms with Gasteiger partial charge in [-0.15, -0.1) is 11.8 Å². The highest BCUT2D eigenvalue weighted by Gasteiger charge is 2.22. The van der Waals surface area contributed by atoms with E-state index in [4.69, 9.17) is 10.5 Å². The van der Waals surface area contributed by atoms with Crippen LogP contribution in [0.4, 0.5) is 0 Å². The molecule has 2 nitrogen and oxygen atoms in total. The maximum Gasteiger partial charge on any atom is 0.132 e. The summed E-state index contributed by atoms with van der Waals surface area (Å²) in [6, 6.07) is 8.54. The summed E-state index contributed by atoms with van der Waals surface area (Å²) >= 11 is 1.89. The van der Waals surface area contributed by atoms with Crippen molar-refractivity contribution >= 4 is 11.8 Å². The molecule has 0 amide bonds. The molecule has 0 aliphatic heterocycles. The first-order valence-electron chi connectivity index (χ1n) is 6.36. The first-order valence-corrected chi connectivity index (χ1v) is 7.24. The van der Waals surface area contributed by atoms with Gasteiger partial charge in [0.1, 0.15) is 5.75 Å². The average molecular weight is 251 g/mol. The van der Waals surface area contributed by atoms with Gasteiger partial charge in [0.2, 0.25) is 0 Å². The molecule has 2 N–H and O–H groups in total. The van der Waals surface area contributed by atoms with E-state index in [9.17, 15) is 0 Å². The highest BCUT2D eigenvalue weighted by Crippen LogP contribution is 2.36. The Morgan fingerprint density at radius 1 is 1.18 bits per heavy atom. The first-order chi connectivity index (χ1) is 8.31. The highest BCUT2D eigenvalue weighted by molar-refractivity contribution is 8.00. The SMILES string of the molecule is COc1ccccc1SC1CCCCCC1N. The Hall–Kier alpha value is -0.670. The van der Waals surface area contributed by atoms with Crippen LogP contribution >= 0.6 is 11.8 Å². The highest BCUT2D eigenvalue weighted by atomic mass is 32.2. The molecule has 0 radical (unpaired) electrons. The molecule has 2 rings (SSSR count). The van der Waals surface area contributed by atoms with Gasteiger partial charge in [-0.2, -0.15) is 0 Å². The van der Waals surface area contributed by atoms with Gasteiger partial charge in [-0.05, 0) is 25.0 Å². The molecule has 2 atom stereocenters. The predicted molar refractivity (Wildman–Crippen MR) is 73.7 cm³/mol. The average Bonchev–Trinajstić information content (AvgIpc) is 2.56. The van der Waals surface area contributed by atoms with Gasteiger partial charge in [-0.25, -0.2) is 0 Å². The molecule has 2 unspecified atom stereocenters. The number of rotatable bonds is 3. The second kappa shape index (κ2) is 6.31. The van der Waals surface area contributed by atoms with Crippen molar-refractivity contribution in [1.29, 1.82) is 0 Å². The summed E-state index contributed by atoms with van der Waals surface area (Å²) in [5.41, 5.74) is 6.26. The minimum Gasteiger partial charge on any atom is -0.496 e. The summed E-state index contributed by atoms with van der Waals surface area (Å²) < 4.78 is 5.39. The molecular formula is C14H21NOS. The zero-order valence-corrected chi connectivity index (χ0v) is 11.2. The normalized spacial score (nSPS) is 25.3. The first kappa shape index (κ1) is 12.8. The van der Waals surface area contributed by atoms with Gasteiger partial charge < -0.3 is 10.5 Å². The number of hydrogen-bond donors (Lipinski definition) is 1. The lowest BCUT2D eigenvalue weighted by atomic mass is 10.1. The van der Waals surface area contributed by atoms with Gasteiger partial charge in [0, 0.05) is 16.2 Å². The van der Waals surface area contributed by atoms with Crippen LogP contribution in [-0.2, 0) is 0 Å². The third-order valence-corrected chi connectivity index (χ3v) is 4.83. The molecule has 1 saturated carbocycles. The Kier molecular flexibility index (Phi) is 4.75. The minimum atomic E-state index is 0.326. The summed E-state index contributed by atoms with van der Waals surface area (Å²) in [5.74, 6) is 0.967. The zero-order chi connectivity index (χ0) is 12.1. The molecule has 0 aromatic heterocycles. The second-order valence-electron chi connectivity index (χ2n) is 4.61. The van der Waals surface area contributed by atoms with Crippen molar-refractivity contribution in [2.75, 3.05) is 7.11 Å². The molecule has 1 aliphatic rings. The molecular weight excluding hydrogens is 230 g/mol. The van der Waals surface area contributed by atoms with Crippen molar-refractivity contribution in [3.05, 3.63) is 24.3 Å². The summed E-state index contributed by atoms with van der Waals surface area (Å²) in [7, 11) is 1.73. The minimum absolute atomic E-state index is 0.326. The Bertz CT molecular complexity index is 356. The van der Waals surface area contributed by atoms with Crippen molar-refractivity contribution in [3.8, 4) is 5.75 Å². The smallest absolute Gasteiger partial charge is 0.132 e. The predicted octanol–water partition coefficient (Wildman–Crippen LogP) is 3.45. The van der Waals surface area contributed by atoms with Crippen LogP contribution in [0.25, 0.3) is 0 Å². The van der Waals surface area contributed by atoms with Crippen LogP contribution < -0.4 is 10.5 Å². The fourth-order valence-electron chi connectivity index (χ4n) is 2.33. The number of thioether (sulfide) groups is 1. The van der Waals surface area contributed by atoms with Crippen LogP contribution in [0.5, 0.6) is 5.75 Å². The van der Waals surface area contributed by atoms with Crippen molar-refractivity contribution in [2.45, 2.75) is 48.3 Å². The van der Waals surface area contributed by atoms with E-state index < -0.39 is 0 Å². The van der Waals surface area contributed by atoms with Crippen molar-refractivity contribution in [3.63, 3.8) is 0 Å². The molecule has 1 aromatic rings. The van der Waals surface area contributed by atoms with Gasteiger partial charge in [0.05, 0.1) is 7.11 Å². The van der Waals surface area contributed by atoms with E-state index >= 15 is 0 Å². The van der Waals surface area contributed by atoms with Crippen LogP contribution in [0, 0.1) is 0 Å². The van der Waals surface area contributed by atoms with Crippen LogP contribution in [-0.4, -0.2) is 18.4 Å². The second-order valence-corrected chi connectivity index (χ2v) is 5.89. The van der Waals surface area contributed by atoms with Crippen LogP contribution in [0.2, 0.25) is 0 Å². The standard InChI is InChI=1S/C14H21NOS/c1-16-12-8-5-6-10-14(12)17-13-9-4-2-3-7-11(13)15/h5-6,8,10-11,13H,2-4,7,9,15H2,1H3. The molecule has 1 aromatic carbocycles. The Labute approximate surface area is 108 Å². The number of para-hydroxylation sites is 1. The Morgan fingerprint density at radius 3 is 2.76 bits per heavy atom. The van der Waals surface area contributed by atoms with E-state index in [1.165, 1.54) is 30.6 Å². The zero-order valence-electron chi connectivity index (χ0n) is 10.4. The van der Waals surface area contributed by atoms with Crippen LogP contribution in [0.15, 0.2) is 29.2 Å². The lowest BCUT2D eigenvalue weighted by Gasteiger charge is -2.21. The third kappa shape index (κ3) is 3.39.